The molecule has 0 saturated carbocycles. The Morgan fingerprint density at radius 3 is 2.17 bits per heavy atom. The third-order valence-corrected chi connectivity index (χ3v) is 5.34. The van der Waals surface area contributed by atoms with E-state index in [4.69, 9.17) is 14.2 Å². The molecule has 8 nitrogen and oxygen atoms in total. The van der Waals surface area contributed by atoms with Crippen molar-refractivity contribution in [3.05, 3.63) is 47.0 Å². The first-order valence-corrected chi connectivity index (χ1v) is 8.89. The van der Waals surface area contributed by atoms with Gasteiger partial charge in [-0.05, 0) is 41.0 Å². The highest BCUT2D eigenvalue weighted by Gasteiger charge is 2.47. The minimum Gasteiger partial charge on any atom is -0.504 e. The van der Waals surface area contributed by atoms with Gasteiger partial charge in [0, 0.05) is 11.8 Å². The van der Waals surface area contributed by atoms with Crippen LogP contribution in [-0.2, 0) is 14.3 Å². The average molecular weight is 402 g/mol. The number of phenolic OH excluding ortho intramolecular Hbond substituents is 2. The number of carbonyl (C=O) groups excluding carboxylic acids is 1. The number of fused-ring (bicyclic) bond motifs is 1. The number of hydrogen-bond acceptors (Lipinski definition) is 7. The smallest absolute Gasteiger partial charge is 0.310 e. The molecule has 1 aliphatic carbocycles. The fourth-order valence-electron chi connectivity index (χ4n) is 4.11. The van der Waals surface area contributed by atoms with Crippen molar-refractivity contribution in [3.63, 3.8) is 0 Å². The predicted molar refractivity (Wildman–Crippen MR) is 102 cm³/mol. The molecule has 1 aliphatic rings. The molecule has 8 heteroatoms. The molecule has 3 N–H and O–H groups in total. The van der Waals surface area contributed by atoms with Crippen molar-refractivity contribution < 1.29 is 39.1 Å². The molecule has 0 aliphatic heterocycles. The second-order valence-corrected chi connectivity index (χ2v) is 6.82. The summed E-state index contributed by atoms with van der Waals surface area (Å²) in [6, 6.07) is 7.70. The molecule has 154 valence electrons. The summed E-state index contributed by atoms with van der Waals surface area (Å²) in [6.07, 6.45) is -0.299. The molecule has 3 atom stereocenters. The number of hydrogen-bond donors (Lipinski definition) is 3. The average Bonchev–Trinajstić information content (AvgIpc) is 2.99. The maximum absolute atomic E-state index is 12.7. The van der Waals surface area contributed by atoms with Crippen molar-refractivity contribution in [1.82, 2.24) is 0 Å². The lowest BCUT2D eigenvalue weighted by Crippen LogP contribution is -2.26. The normalized spacial score (nSPS) is 20.0. The van der Waals surface area contributed by atoms with Gasteiger partial charge in [-0.15, -0.1) is 0 Å². The van der Waals surface area contributed by atoms with E-state index in [0.717, 1.165) is 0 Å². The number of aromatic hydroxyl groups is 2. The van der Waals surface area contributed by atoms with Gasteiger partial charge in [0.25, 0.3) is 0 Å². The van der Waals surface area contributed by atoms with Gasteiger partial charge in [-0.25, -0.2) is 0 Å². The van der Waals surface area contributed by atoms with Gasteiger partial charge in [-0.3, -0.25) is 9.59 Å². The van der Waals surface area contributed by atoms with Crippen molar-refractivity contribution in [1.29, 1.82) is 0 Å². The van der Waals surface area contributed by atoms with Crippen LogP contribution in [0.5, 0.6) is 23.0 Å². The first-order valence-electron chi connectivity index (χ1n) is 8.89. The SMILES string of the molecule is COC(=O)[C@H]1[C@H](c2ccc(O)c(OC)c2)c2cc(O)c(OC)cc2[C@H]1CC(=O)O. The van der Waals surface area contributed by atoms with Crippen molar-refractivity contribution >= 4 is 11.9 Å². The van der Waals surface area contributed by atoms with Crippen molar-refractivity contribution in [2.45, 2.75) is 18.3 Å². The molecule has 2 aromatic carbocycles. The lowest BCUT2D eigenvalue weighted by atomic mass is 9.81. The maximum Gasteiger partial charge on any atom is 0.310 e. The Kier molecular flexibility index (Phi) is 5.54. The number of methoxy groups -OCH3 is 3. The van der Waals surface area contributed by atoms with Gasteiger partial charge in [-0.1, -0.05) is 6.07 Å². The summed E-state index contributed by atoms with van der Waals surface area (Å²) in [5.74, 6) is -3.55. The number of carboxylic acids is 1. The van der Waals surface area contributed by atoms with Gasteiger partial charge in [0.2, 0.25) is 0 Å². The van der Waals surface area contributed by atoms with E-state index in [2.05, 4.69) is 0 Å². The van der Waals surface area contributed by atoms with E-state index >= 15 is 0 Å². The van der Waals surface area contributed by atoms with E-state index in [1.165, 1.54) is 33.5 Å². The topological polar surface area (TPSA) is 123 Å². The van der Waals surface area contributed by atoms with Gasteiger partial charge >= 0.3 is 11.9 Å². The van der Waals surface area contributed by atoms with Crippen LogP contribution in [0, 0.1) is 5.92 Å². The molecule has 0 saturated heterocycles. The molecular formula is C21H22O8. The van der Waals surface area contributed by atoms with Gasteiger partial charge < -0.3 is 29.5 Å². The number of esters is 1. The summed E-state index contributed by atoms with van der Waals surface area (Å²) < 4.78 is 15.3. The zero-order valence-corrected chi connectivity index (χ0v) is 16.2. The van der Waals surface area contributed by atoms with E-state index in [1.54, 1.807) is 18.2 Å². The highest BCUT2D eigenvalue weighted by atomic mass is 16.5. The number of phenols is 2. The number of ether oxygens (including phenoxy) is 3. The monoisotopic (exact) mass is 402 g/mol. The van der Waals surface area contributed by atoms with Gasteiger partial charge in [0.05, 0.1) is 33.7 Å². The van der Waals surface area contributed by atoms with Crippen molar-refractivity contribution in [2.24, 2.45) is 5.92 Å². The molecule has 0 radical (unpaired) electrons. The fourth-order valence-corrected chi connectivity index (χ4v) is 4.11. The van der Waals surface area contributed by atoms with Crippen LogP contribution in [0.3, 0.4) is 0 Å². The Labute approximate surface area is 167 Å². The Hall–Kier alpha value is -3.42. The predicted octanol–water partition coefficient (Wildman–Crippen LogP) is 2.61. The van der Waals surface area contributed by atoms with E-state index in [1.807, 2.05) is 0 Å². The minimum absolute atomic E-state index is 0.0660. The maximum atomic E-state index is 12.7. The van der Waals surface area contributed by atoms with Crippen LogP contribution >= 0.6 is 0 Å². The van der Waals surface area contributed by atoms with Crippen molar-refractivity contribution in [2.75, 3.05) is 21.3 Å². The number of aliphatic carboxylic acids is 1. The highest BCUT2D eigenvalue weighted by molar-refractivity contribution is 5.81. The molecule has 2 aromatic rings. The highest BCUT2D eigenvalue weighted by Crippen LogP contribution is 2.54. The summed E-state index contributed by atoms with van der Waals surface area (Å²) in [4.78, 5) is 24.3. The van der Waals surface area contributed by atoms with Gasteiger partial charge in [-0.2, -0.15) is 0 Å². The van der Waals surface area contributed by atoms with Crippen LogP contribution in [0.1, 0.15) is 34.9 Å². The molecule has 0 bridgehead atoms. The van der Waals surface area contributed by atoms with Crippen LogP contribution in [0.4, 0.5) is 0 Å². The van der Waals surface area contributed by atoms with E-state index in [9.17, 15) is 24.9 Å². The van der Waals surface area contributed by atoms with Crippen LogP contribution in [0.2, 0.25) is 0 Å². The van der Waals surface area contributed by atoms with E-state index in [-0.39, 0.29) is 29.4 Å². The quantitative estimate of drug-likeness (QED) is 0.630. The number of rotatable bonds is 6. The minimum atomic E-state index is -1.06. The van der Waals surface area contributed by atoms with Crippen LogP contribution in [0.15, 0.2) is 30.3 Å². The standard InChI is InChI=1S/C21H22O8/c1-27-16-6-10(4-5-14(16)22)19-12-7-15(23)17(28-2)8-11(12)13(9-18(24)25)20(19)21(26)29-3/h4-8,13,19-20,22-23H,9H2,1-3H3,(H,24,25)/t13-,19-,20-/m1/s1. The summed E-state index contributed by atoms with van der Waals surface area (Å²) in [5.41, 5.74) is 1.81. The molecule has 0 heterocycles. The largest absolute Gasteiger partial charge is 0.504 e. The number of carbonyl (C=O) groups is 2. The molecule has 29 heavy (non-hydrogen) atoms. The van der Waals surface area contributed by atoms with Crippen LogP contribution in [-0.4, -0.2) is 48.6 Å². The van der Waals surface area contributed by atoms with Crippen LogP contribution < -0.4 is 9.47 Å². The Balaban J connectivity index is 2.26. The van der Waals surface area contributed by atoms with E-state index in [0.29, 0.717) is 16.7 Å². The third kappa shape index (κ3) is 3.53. The zero-order valence-electron chi connectivity index (χ0n) is 16.2. The fraction of sp³-hybridized carbons (Fsp3) is 0.333. The van der Waals surface area contributed by atoms with Gasteiger partial charge in [0.1, 0.15) is 0 Å². The Morgan fingerprint density at radius 2 is 1.59 bits per heavy atom. The first-order chi connectivity index (χ1) is 13.8. The first kappa shape index (κ1) is 20.3. The summed E-state index contributed by atoms with van der Waals surface area (Å²) in [6.45, 7) is 0. The Bertz CT molecular complexity index is 952. The summed E-state index contributed by atoms with van der Waals surface area (Å²) >= 11 is 0. The number of carboxylic acid groups (broad SMARTS) is 1. The lowest BCUT2D eigenvalue weighted by Gasteiger charge is -2.23. The second kappa shape index (κ2) is 7.90. The molecule has 0 amide bonds. The van der Waals surface area contributed by atoms with Gasteiger partial charge in [0.15, 0.2) is 23.0 Å². The second-order valence-electron chi connectivity index (χ2n) is 6.82. The number of benzene rings is 2. The molecule has 0 spiro atoms. The van der Waals surface area contributed by atoms with Crippen LogP contribution in [0.25, 0.3) is 0 Å². The molecule has 0 unspecified atom stereocenters. The third-order valence-electron chi connectivity index (χ3n) is 5.34. The summed E-state index contributed by atoms with van der Waals surface area (Å²) in [7, 11) is 4.04. The molecule has 0 aromatic heterocycles. The Morgan fingerprint density at radius 1 is 0.931 bits per heavy atom. The van der Waals surface area contributed by atoms with E-state index < -0.39 is 29.7 Å². The summed E-state index contributed by atoms with van der Waals surface area (Å²) in [5, 5.41) is 29.7. The lowest BCUT2D eigenvalue weighted by molar-refractivity contribution is -0.147. The molecular weight excluding hydrogens is 380 g/mol. The molecule has 0 fully saturated rings. The molecule has 3 rings (SSSR count). The van der Waals surface area contributed by atoms with Crippen molar-refractivity contribution in [3.8, 4) is 23.0 Å². The zero-order chi connectivity index (χ0) is 21.3.